The van der Waals surface area contributed by atoms with Crippen molar-refractivity contribution in [1.82, 2.24) is 10.2 Å². The summed E-state index contributed by atoms with van der Waals surface area (Å²) in [6.45, 7) is 13.5. The Balaban J connectivity index is 1.96. The highest BCUT2D eigenvalue weighted by atomic mass is 15.3. The standard InChI is InChI=1S/C26H35N3/c1-6-25(18-27)29(5)20(4)28-26(7-2,23-14-15-23)24-13-9-12-22(17-24)21-11-8-10-19(3)16-21/h7-13,16-17,23,25,28H,2,4,6,14-15,18,27H2,1,3,5H3. The van der Waals surface area contributed by atoms with Crippen LogP contribution in [0.3, 0.4) is 0 Å². The predicted molar refractivity (Wildman–Crippen MR) is 124 cm³/mol. The molecule has 3 rings (SSSR count). The van der Waals surface area contributed by atoms with E-state index in [1.165, 1.54) is 35.1 Å². The van der Waals surface area contributed by atoms with Gasteiger partial charge in [-0.05, 0) is 54.9 Å². The number of rotatable bonds is 10. The fraction of sp³-hybridized carbons (Fsp3) is 0.385. The average Bonchev–Trinajstić information content (AvgIpc) is 3.58. The van der Waals surface area contributed by atoms with Gasteiger partial charge in [-0.1, -0.05) is 67.6 Å². The lowest BCUT2D eigenvalue weighted by atomic mass is 9.83. The van der Waals surface area contributed by atoms with Crippen LogP contribution in [-0.2, 0) is 5.54 Å². The van der Waals surface area contributed by atoms with Gasteiger partial charge in [0.15, 0.2) is 0 Å². The van der Waals surface area contributed by atoms with Crippen LogP contribution in [0.15, 0.2) is 73.6 Å². The van der Waals surface area contributed by atoms with Crippen molar-refractivity contribution in [3.8, 4) is 11.1 Å². The van der Waals surface area contributed by atoms with E-state index < -0.39 is 0 Å². The maximum Gasteiger partial charge on any atom is 0.0948 e. The highest BCUT2D eigenvalue weighted by Gasteiger charge is 2.45. The van der Waals surface area contributed by atoms with Crippen molar-refractivity contribution in [3.63, 3.8) is 0 Å². The summed E-state index contributed by atoms with van der Waals surface area (Å²) in [5.41, 5.74) is 10.6. The van der Waals surface area contributed by atoms with Crippen LogP contribution < -0.4 is 11.1 Å². The van der Waals surface area contributed by atoms with Crippen LogP contribution >= 0.6 is 0 Å². The Kier molecular flexibility index (Phi) is 6.49. The predicted octanol–water partition coefficient (Wildman–Crippen LogP) is 5.18. The van der Waals surface area contributed by atoms with E-state index >= 15 is 0 Å². The van der Waals surface area contributed by atoms with Gasteiger partial charge in [0.05, 0.1) is 11.4 Å². The van der Waals surface area contributed by atoms with Gasteiger partial charge in [-0.15, -0.1) is 6.58 Å². The van der Waals surface area contributed by atoms with Gasteiger partial charge in [0.1, 0.15) is 0 Å². The van der Waals surface area contributed by atoms with E-state index in [0.29, 0.717) is 12.5 Å². The van der Waals surface area contributed by atoms with Gasteiger partial charge in [0, 0.05) is 19.6 Å². The SMILES string of the molecule is C=CC(NC(=C)N(C)C(CC)CN)(c1cccc(-c2cccc(C)c2)c1)C1CC1. The monoisotopic (exact) mass is 389 g/mol. The summed E-state index contributed by atoms with van der Waals surface area (Å²) in [5, 5.41) is 3.76. The van der Waals surface area contributed by atoms with Crippen molar-refractivity contribution in [1.29, 1.82) is 0 Å². The van der Waals surface area contributed by atoms with E-state index in [1.807, 2.05) is 0 Å². The molecule has 0 aliphatic heterocycles. The molecule has 1 fully saturated rings. The van der Waals surface area contributed by atoms with Gasteiger partial charge in [-0.2, -0.15) is 0 Å². The maximum atomic E-state index is 5.97. The van der Waals surface area contributed by atoms with E-state index in [2.05, 4.69) is 98.9 Å². The van der Waals surface area contributed by atoms with Crippen LogP contribution in [0.5, 0.6) is 0 Å². The zero-order valence-electron chi connectivity index (χ0n) is 18.1. The highest BCUT2D eigenvalue weighted by Crippen LogP contribution is 2.47. The normalized spacial score (nSPS) is 16.6. The lowest BCUT2D eigenvalue weighted by Gasteiger charge is -2.39. The van der Waals surface area contributed by atoms with Gasteiger partial charge in [0.25, 0.3) is 0 Å². The van der Waals surface area contributed by atoms with Gasteiger partial charge in [0.2, 0.25) is 0 Å². The van der Waals surface area contributed by atoms with E-state index in [-0.39, 0.29) is 11.6 Å². The summed E-state index contributed by atoms with van der Waals surface area (Å²) >= 11 is 0. The second-order valence-corrected chi connectivity index (χ2v) is 8.28. The molecule has 0 spiro atoms. The topological polar surface area (TPSA) is 41.3 Å². The third-order valence-electron chi connectivity index (χ3n) is 6.30. The number of aryl methyl sites for hydroxylation is 1. The number of nitrogens with zero attached hydrogens (tertiary/aromatic N) is 1. The van der Waals surface area contributed by atoms with Gasteiger partial charge < -0.3 is 16.0 Å². The molecule has 154 valence electrons. The summed E-state index contributed by atoms with van der Waals surface area (Å²) in [6.07, 6.45) is 5.45. The van der Waals surface area contributed by atoms with Crippen LogP contribution in [0.4, 0.5) is 0 Å². The molecular formula is C26H35N3. The molecule has 2 atom stereocenters. The van der Waals surface area contributed by atoms with E-state index in [0.717, 1.165) is 12.2 Å². The molecule has 1 aliphatic rings. The van der Waals surface area contributed by atoms with Gasteiger partial charge >= 0.3 is 0 Å². The molecule has 3 nitrogen and oxygen atoms in total. The van der Waals surface area contributed by atoms with Crippen molar-refractivity contribution in [2.24, 2.45) is 11.7 Å². The summed E-state index contributed by atoms with van der Waals surface area (Å²) in [4.78, 5) is 2.17. The van der Waals surface area contributed by atoms with Crippen molar-refractivity contribution >= 4 is 0 Å². The van der Waals surface area contributed by atoms with Crippen LogP contribution in [0.2, 0.25) is 0 Å². The molecule has 2 aromatic carbocycles. The third kappa shape index (κ3) is 4.40. The lowest BCUT2D eigenvalue weighted by Crippen LogP contribution is -2.48. The molecule has 1 saturated carbocycles. The van der Waals surface area contributed by atoms with Crippen LogP contribution in [0.1, 0.15) is 37.3 Å². The number of nitrogens with two attached hydrogens (primary N) is 1. The molecule has 2 aromatic rings. The summed E-state index contributed by atoms with van der Waals surface area (Å²) in [5.74, 6) is 1.42. The summed E-state index contributed by atoms with van der Waals surface area (Å²) in [6, 6.07) is 17.8. The highest BCUT2D eigenvalue weighted by molar-refractivity contribution is 5.65. The second-order valence-electron chi connectivity index (χ2n) is 8.28. The van der Waals surface area contributed by atoms with Crippen molar-refractivity contribution in [2.45, 2.75) is 44.7 Å². The minimum absolute atomic E-state index is 0.273. The first-order valence-electron chi connectivity index (χ1n) is 10.7. The fourth-order valence-corrected chi connectivity index (χ4v) is 4.21. The Morgan fingerprint density at radius 1 is 1.24 bits per heavy atom. The Labute approximate surface area is 176 Å². The number of nitrogens with one attached hydrogen (secondary N) is 1. The largest absolute Gasteiger partial charge is 0.359 e. The van der Waals surface area contributed by atoms with E-state index in [1.54, 1.807) is 0 Å². The average molecular weight is 390 g/mol. The Morgan fingerprint density at radius 2 is 1.90 bits per heavy atom. The van der Waals surface area contributed by atoms with Gasteiger partial charge in [-0.25, -0.2) is 0 Å². The first kappa shape index (κ1) is 21.2. The lowest BCUT2D eigenvalue weighted by molar-refractivity contribution is 0.251. The van der Waals surface area contributed by atoms with E-state index in [9.17, 15) is 0 Å². The molecule has 0 heterocycles. The molecule has 3 heteroatoms. The van der Waals surface area contributed by atoms with E-state index in [4.69, 9.17) is 5.73 Å². The zero-order valence-corrected chi connectivity index (χ0v) is 18.1. The van der Waals surface area contributed by atoms with Gasteiger partial charge in [-0.3, -0.25) is 0 Å². The molecule has 29 heavy (non-hydrogen) atoms. The fourth-order valence-electron chi connectivity index (χ4n) is 4.21. The minimum Gasteiger partial charge on any atom is -0.359 e. The first-order valence-corrected chi connectivity index (χ1v) is 10.7. The summed E-state index contributed by atoms with van der Waals surface area (Å²) < 4.78 is 0. The second kappa shape index (κ2) is 8.87. The smallest absolute Gasteiger partial charge is 0.0948 e. The molecule has 3 N–H and O–H groups in total. The number of hydrogen-bond acceptors (Lipinski definition) is 3. The minimum atomic E-state index is -0.321. The van der Waals surface area contributed by atoms with Crippen molar-refractivity contribution in [3.05, 3.63) is 84.7 Å². The molecule has 1 aliphatic carbocycles. The summed E-state index contributed by atoms with van der Waals surface area (Å²) in [7, 11) is 2.07. The number of likely N-dealkylation sites (N-methyl/N-ethyl adjacent to an activating group) is 1. The van der Waals surface area contributed by atoms with Crippen molar-refractivity contribution in [2.75, 3.05) is 13.6 Å². The molecule has 0 amide bonds. The third-order valence-corrected chi connectivity index (χ3v) is 6.30. The van der Waals surface area contributed by atoms with Crippen LogP contribution in [0.25, 0.3) is 11.1 Å². The number of benzene rings is 2. The molecule has 0 aromatic heterocycles. The van der Waals surface area contributed by atoms with Crippen molar-refractivity contribution < 1.29 is 0 Å². The first-order chi connectivity index (χ1) is 13.9. The van der Waals surface area contributed by atoms with Crippen LogP contribution in [-0.4, -0.2) is 24.5 Å². The molecule has 0 radical (unpaired) electrons. The maximum absolute atomic E-state index is 5.97. The molecular weight excluding hydrogens is 354 g/mol. The zero-order chi connectivity index (χ0) is 21.0. The number of hydrogen-bond donors (Lipinski definition) is 2. The Bertz CT molecular complexity index is 864. The quantitative estimate of drug-likeness (QED) is 0.550. The van der Waals surface area contributed by atoms with Crippen LogP contribution in [0, 0.1) is 12.8 Å². The Hall–Kier alpha value is -2.52. The Morgan fingerprint density at radius 3 is 2.45 bits per heavy atom. The molecule has 2 unspecified atom stereocenters. The molecule has 0 bridgehead atoms. The molecule has 0 saturated heterocycles.